The first-order chi connectivity index (χ1) is 9.79. The molecule has 0 radical (unpaired) electrons. The largest absolute Gasteiger partial charge is 0.399 e. The SMILES string of the molecule is CCC(c1ccc(N)cc1)N1CCCc2ccccc21. The zero-order valence-corrected chi connectivity index (χ0v) is 12.0. The van der Waals surface area contributed by atoms with Crippen LogP contribution in [0.3, 0.4) is 0 Å². The summed E-state index contributed by atoms with van der Waals surface area (Å²) in [6.07, 6.45) is 3.55. The van der Waals surface area contributed by atoms with E-state index in [0.717, 1.165) is 18.7 Å². The van der Waals surface area contributed by atoms with Crippen molar-refractivity contribution in [3.05, 3.63) is 59.7 Å². The molecule has 104 valence electrons. The Kier molecular flexibility index (Phi) is 3.64. The van der Waals surface area contributed by atoms with E-state index >= 15 is 0 Å². The summed E-state index contributed by atoms with van der Waals surface area (Å²) in [6, 6.07) is 17.6. The average molecular weight is 266 g/mol. The molecule has 0 spiro atoms. The third kappa shape index (κ3) is 2.38. The lowest BCUT2D eigenvalue weighted by Gasteiger charge is -2.38. The maximum Gasteiger partial charge on any atom is 0.0539 e. The normalized spacial score (nSPS) is 15.8. The summed E-state index contributed by atoms with van der Waals surface area (Å²) in [6.45, 7) is 3.40. The second kappa shape index (κ2) is 5.58. The average Bonchev–Trinajstić information content (AvgIpc) is 2.50. The molecule has 0 aromatic heterocycles. The van der Waals surface area contributed by atoms with Crippen LogP contribution in [-0.2, 0) is 6.42 Å². The van der Waals surface area contributed by atoms with E-state index in [0.29, 0.717) is 6.04 Å². The predicted octanol–water partition coefficient (Wildman–Crippen LogP) is 4.17. The number of nitrogen functional groups attached to an aromatic ring is 1. The Labute approximate surface area is 121 Å². The van der Waals surface area contributed by atoms with Gasteiger partial charge in [-0.25, -0.2) is 0 Å². The molecule has 0 bridgehead atoms. The van der Waals surface area contributed by atoms with Gasteiger partial charge in [0.15, 0.2) is 0 Å². The Morgan fingerprint density at radius 2 is 1.85 bits per heavy atom. The number of aryl methyl sites for hydroxylation is 1. The summed E-state index contributed by atoms with van der Waals surface area (Å²) in [5, 5.41) is 0. The second-order valence-corrected chi connectivity index (χ2v) is 5.52. The van der Waals surface area contributed by atoms with E-state index in [1.807, 2.05) is 12.1 Å². The summed E-state index contributed by atoms with van der Waals surface area (Å²) >= 11 is 0. The molecule has 3 rings (SSSR count). The summed E-state index contributed by atoms with van der Waals surface area (Å²) < 4.78 is 0. The van der Waals surface area contributed by atoms with Gasteiger partial charge < -0.3 is 10.6 Å². The lowest BCUT2D eigenvalue weighted by atomic mass is 9.95. The molecule has 1 unspecified atom stereocenters. The van der Waals surface area contributed by atoms with Gasteiger partial charge in [-0.15, -0.1) is 0 Å². The molecule has 20 heavy (non-hydrogen) atoms. The van der Waals surface area contributed by atoms with Crippen molar-refractivity contribution >= 4 is 11.4 Å². The number of hydrogen-bond acceptors (Lipinski definition) is 2. The lowest BCUT2D eigenvalue weighted by Crippen LogP contribution is -2.33. The highest BCUT2D eigenvalue weighted by Crippen LogP contribution is 2.35. The fourth-order valence-corrected chi connectivity index (χ4v) is 3.24. The highest BCUT2D eigenvalue weighted by Gasteiger charge is 2.23. The van der Waals surface area contributed by atoms with Crippen LogP contribution in [0.1, 0.15) is 36.9 Å². The van der Waals surface area contributed by atoms with Crippen LogP contribution in [0.5, 0.6) is 0 Å². The fourth-order valence-electron chi connectivity index (χ4n) is 3.24. The predicted molar refractivity (Wildman–Crippen MR) is 86.0 cm³/mol. The van der Waals surface area contributed by atoms with Crippen LogP contribution in [0.15, 0.2) is 48.5 Å². The topological polar surface area (TPSA) is 29.3 Å². The number of fused-ring (bicyclic) bond motifs is 1. The minimum atomic E-state index is 0.442. The molecule has 1 heterocycles. The van der Waals surface area contributed by atoms with Crippen LogP contribution in [0, 0.1) is 0 Å². The van der Waals surface area contributed by atoms with E-state index in [1.54, 1.807) is 0 Å². The molecule has 2 aromatic rings. The number of benzene rings is 2. The summed E-state index contributed by atoms with van der Waals surface area (Å²) in [7, 11) is 0. The van der Waals surface area contributed by atoms with Crippen LogP contribution in [0.2, 0.25) is 0 Å². The minimum Gasteiger partial charge on any atom is -0.399 e. The van der Waals surface area contributed by atoms with Gasteiger partial charge in [0.2, 0.25) is 0 Å². The number of anilines is 2. The standard InChI is InChI=1S/C18H22N2/c1-2-17(15-9-11-16(19)12-10-15)20-13-5-7-14-6-3-4-8-18(14)20/h3-4,6,8-12,17H,2,5,7,13,19H2,1H3. The third-order valence-electron chi connectivity index (χ3n) is 4.23. The van der Waals surface area contributed by atoms with Gasteiger partial charge in [-0.2, -0.15) is 0 Å². The van der Waals surface area contributed by atoms with E-state index < -0.39 is 0 Å². The number of para-hydroxylation sites is 1. The Balaban J connectivity index is 1.96. The quantitative estimate of drug-likeness (QED) is 0.845. The van der Waals surface area contributed by atoms with Crippen molar-refractivity contribution in [2.24, 2.45) is 0 Å². The monoisotopic (exact) mass is 266 g/mol. The smallest absolute Gasteiger partial charge is 0.0539 e. The number of nitrogens with zero attached hydrogens (tertiary/aromatic N) is 1. The van der Waals surface area contributed by atoms with Crippen LogP contribution in [0.25, 0.3) is 0 Å². The van der Waals surface area contributed by atoms with E-state index in [1.165, 1.54) is 29.7 Å². The van der Waals surface area contributed by atoms with Crippen molar-refractivity contribution in [3.8, 4) is 0 Å². The van der Waals surface area contributed by atoms with Crippen LogP contribution >= 0.6 is 0 Å². The maximum absolute atomic E-state index is 5.81. The molecule has 0 saturated heterocycles. The van der Waals surface area contributed by atoms with E-state index in [2.05, 4.69) is 48.2 Å². The van der Waals surface area contributed by atoms with Gasteiger partial charge in [0.05, 0.1) is 6.04 Å². The Bertz CT molecular complexity index is 574. The Morgan fingerprint density at radius 1 is 1.10 bits per heavy atom. The van der Waals surface area contributed by atoms with Crippen LogP contribution in [0.4, 0.5) is 11.4 Å². The number of hydrogen-bond donors (Lipinski definition) is 1. The van der Waals surface area contributed by atoms with E-state index in [4.69, 9.17) is 5.73 Å². The fraction of sp³-hybridized carbons (Fsp3) is 0.333. The molecule has 1 atom stereocenters. The lowest BCUT2D eigenvalue weighted by molar-refractivity contribution is 0.568. The molecule has 0 aliphatic carbocycles. The van der Waals surface area contributed by atoms with Crippen molar-refractivity contribution in [1.82, 2.24) is 0 Å². The van der Waals surface area contributed by atoms with Gasteiger partial charge in [0.25, 0.3) is 0 Å². The van der Waals surface area contributed by atoms with Gasteiger partial charge in [0.1, 0.15) is 0 Å². The van der Waals surface area contributed by atoms with Gasteiger partial charge in [-0.05, 0) is 48.6 Å². The van der Waals surface area contributed by atoms with Crippen molar-refractivity contribution in [2.75, 3.05) is 17.2 Å². The zero-order chi connectivity index (χ0) is 13.9. The first kappa shape index (κ1) is 13.0. The van der Waals surface area contributed by atoms with Crippen LogP contribution in [-0.4, -0.2) is 6.54 Å². The molecule has 1 aliphatic rings. The minimum absolute atomic E-state index is 0.442. The summed E-state index contributed by atoms with van der Waals surface area (Å²) in [4.78, 5) is 2.56. The molecule has 2 nitrogen and oxygen atoms in total. The van der Waals surface area contributed by atoms with Gasteiger partial charge in [-0.3, -0.25) is 0 Å². The molecule has 0 saturated carbocycles. The molecule has 1 aliphatic heterocycles. The first-order valence-electron chi connectivity index (χ1n) is 7.49. The van der Waals surface area contributed by atoms with Gasteiger partial charge >= 0.3 is 0 Å². The van der Waals surface area contributed by atoms with E-state index in [-0.39, 0.29) is 0 Å². The van der Waals surface area contributed by atoms with Crippen molar-refractivity contribution in [1.29, 1.82) is 0 Å². The van der Waals surface area contributed by atoms with E-state index in [9.17, 15) is 0 Å². The third-order valence-corrected chi connectivity index (χ3v) is 4.23. The first-order valence-corrected chi connectivity index (χ1v) is 7.49. The molecule has 0 fully saturated rings. The Hall–Kier alpha value is -1.96. The second-order valence-electron chi connectivity index (χ2n) is 5.52. The van der Waals surface area contributed by atoms with Crippen molar-refractivity contribution in [3.63, 3.8) is 0 Å². The Morgan fingerprint density at radius 3 is 2.60 bits per heavy atom. The highest BCUT2D eigenvalue weighted by atomic mass is 15.2. The molecule has 2 N–H and O–H groups in total. The van der Waals surface area contributed by atoms with Crippen molar-refractivity contribution in [2.45, 2.75) is 32.2 Å². The van der Waals surface area contributed by atoms with Crippen LogP contribution < -0.4 is 10.6 Å². The summed E-state index contributed by atoms with van der Waals surface area (Å²) in [5.41, 5.74) is 10.9. The zero-order valence-electron chi connectivity index (χ0n) is 12.0. The molecular formula is C18H22N2. The highest BCUT2D eigenvalue weighted by molar-refractivity contribution is 5.57. The molecule has 2 aromatic carbocycles. The summed E-state index contributed by atoms with van der Waals surface area (Å²) in [5.74, 6) is 0. The number of rotatable bonds is 3. The van der Waals surface area contributed by atoms with Crippen molar-refractivity contribution < 1.29 is 0 Å². The number of nitrogens with two attached hydrogens (primary N) is 1. The molecular weight excluding hydrogens is 244 g/mol. The molecule has 2 heteroatoms. The van der Waals surface area contributed by atoms with Gasteiger partial charge in [-0.1, -0.05) is 37.3 Å². The molecule has 0 amide bonds. The maximum atomic E-state index is 5.81. The van der Waals surface area contributed by atoms with Gasteiger partial charge in [0, 0.05) is 17.9 Å².